The van der Waals surface area contributed by atoms with Gasteiger partial charge in [-0.05, 0) is 12.5 Å². The van der Waals surface area contributed by atoms with E-state index in [4.69, 9.17) is 9.47 Å². The molecular weight excluding hydrogens is 208 g/mol. The first kappa shape index (κ1) is 10.8. The molecule has 0 spiro atoms. The molecule has 0 saturated carbocycles. The molecule has 0 radical (unpaired) electrons. The highest BCUT2D eigenvalue weighted by Crippen LogP contribution is 2.33. The molecule has 1 aliphatic heterocycles. The molecule has 1 unspecified atom stereocenters. The van der Waals surface area contributed by atoms with Crippen LogP contribution in [0.2, 0.25) is 0 Å². The first-order chi connectivity index (χ1) is 7.65. The zero-order valence-electron chi connectivity index (χ0n) is 9.32. The van der Waals surface area contributed by atoms with Crippen molar-refractivity contribution in [3.63, 3.8) is 0 Å². The molecule has 0 saturated heterocycles. The van der Waals surface area contributed by atoms with Crippen molar-refractivity contribution in [2.45, 2.75) is 25.9 Å². The summed E-state index contributed by atoms with van der Waals surface area (Å²) in [6.07, 6.45) is 1.17. The van der Waals surface area contributed by atoms with Gasteiger partial charge in [0, 0.05) is 18.1 Å². The van der Waals surface area contributed by atoms with Crippen LogP contribution in [0, 0.1) is 0 Å². The lowest BCUT2D eigenvalue weighted by Gasteiger charge is -2.24. The lowest BCUT2D eigenvalue weighted by Crippen LogP contribution is -2.27. The van der Waals surface area contributed by atoms with Gasteiger partial charge in [0.15, 0.2) is 0 Å². The van der Waals surface area contributed by atoms with Crippen molar-refractivity contribution in [2.24, 2.45) is 0 Å². The molecule has 4 nitrogen and oxygen atoms in total. The molecule has 1 atom stereocenters. The zero-order valence-corrected chi connectivity index (χ0v) is 9.32. The average molecular weight is 222 g/mol. The van der Waals surface area contributed by atoms with Gasteiger partial charge in [0.2, 0.25) is 0 Å². The summed E-state index contributed by atoms with van der Waals surface area (Å²) in [5.74, 6) is 0.176. The van der Waals surface area contributed by atoms with E-state index in [1.54, 1.807) is 6.07 Å². The van der Waals surface area contributed by atoms with Crippen LogP contribution in [0.5, 0.6) is 11.5 Å². The number of benzene rings is 1. The summed E-state index contributed by atoms with van der Waals surface area (Å²) in [7, 11) is 1.49. The van der Waals surface area contributed by atoms with Crippen LogP contribution in [0.3, 0.4) is 0 Å². The molecule has 1 N–H and O–H groups in total. The van der Waals surface area contributed by atoms with Crippen molar-refractivity contribution in [1.82, 2.24) is 0 Å². The number of carbonyl (C=O) groups excluding carboxylic acids is 1. The normalized spacial score (nSPS) is 18.9. The highest BCUT2D eigenvalue weighted by molar-refractivity contribution is 5.93. The van der Waals surface area contributed by atoms with Crippen LogP contribution in [0.4, 0.5) is 0 Å². The molecule has 0 amide bonds. The number of fused-ring (bicyclic) bond motifs is 1. The van der Waals surface area contributed by atoms with E-state index in [2.05, 4.69) is 0 Å². The predicted molar refractivity (Wildman–Crippen MR) is 57.9 cm³/mol. The largest absolute Gasteiger partial charge is 0.508 e. The first-order valence-corrected chi connectivity index (χ1v) is 5.26. The maximum atomic E-state index is 11.7. The van der Waals surface area contributed by atoms with E-state index in [1.165, 1.54) is 13.2 Å². The highest BCUT2D eigenvalue weighted by Gasteiger charge is 2.28. The SMILES string of the molecule is CCC1Cc2c(O)cc(OC)cc2C(=O)O1. The fraction of sp³-hybridized carbons (Fsp3) is 0.417. The molecule has 86 valence electrons. The zero-order chi connectivity index (χ0) is 11.7. The van der Waals surface area contributed by atoms with Crippen molar-refractivity contribution in [2.75, 3.05) is 7.11 Å². The smallest absolute Gasteiger partial charge is 0.338 e. The Balaban J connectivity index is 2.47. The third-order valence-electron chi connectivity index (χ3n) is 2.82. The van der Waals surface area contributed by atoms with E-state index >= 15 is 0 Å². The number of hydrogen-bond acceptors (Lipinski definition) is 4. The summed E-state index contributed by atoms with van der Waals surface area (Å²) in [6, 6.07) is 3.12. The number of hydrogen-bond donors (Lipinski definition) is 1. The topological polar surface area (TPSA) is 55.8 Å². The molecule has 1 aromatic rings. The Hall–Kier alpha value is -1.71. The second-order valence-corrected chi connectivity index (χ2v) is 3.81. The number of cyclic esters (lactones) is 1. The maximum Gasteiger partial charge on any atom is 0.338 e. The molecule has 0 aromatic heterocycles. The van der Waals surface area contributed by atoms with E-state index in [1.807, 2.05) is 6.92 Å². The first-order valence-electron chi connectivity index (χ1n) is 5.26. The number of methoxy groups -OCH3 is 1. The number of phenols is 1. The van der Waals surface area contributed by atoms with E-state index in [0.717, 1.165) is 6.42 Å². The Morgan fingerprint density at radius 1 is 1.56 bits per heavy atom. The van der Waals surface area contributed by atoms with Gasteiger partial charge < -0.3 is 14.6 Å². The molecule has 2 rings (SSSR count). The van der Waals surface area contributed by atoms with Gasteiger partial charge in [-0.25, -0.2) is 4.79 Å². The standard InChI is InChI=1S/C12H14O4/c1-3-7-4-9-10(12(14)16-7)5-8(15-2)6-11(9)13/h5-7,13H,3-4H2,1-2H3. The Morgan fingerprint density at radius 3 is 2.94 bits per heavy atom. The molecular formula is C12H14O4. The van der Waals surface area contributed by atoms with Crippen LogP contribution in [0.1, 0.15) is 29.3 Å². The summed E-state index contributed by atoms with van der Waals surface area (Å²) in [5, 5.41) is 9.81. The van der Waals surface area contributed by atoms with E-state index in [0.29, 0.717) is 23.3 Å². The number of ether oxygens (including phenoxy) is 2. The Morgan fingerprint density at radius 2 is 2.31 bits per heavy atom. The monoisotopic (exact) mass is 222 g/mol. The quantitative estimate of drug-likeness (QED) is 0.776. The number of carbonyl (C=O) groups is 1. The molecule has 1 heterocycles. The molecule has 1 aromatic carbocycles. The van der Waals surface area contributed by atoms with Crippen LogP contribution in [-0.4, -0.2) is 24.3 Å². The fourth-order valence-corrected chi connectivity index (χ4v) is 1.86. The van der Waals surface area contributed by atoms with Crippen molar-refractivity contribution >= 4 is 5.97 Å². The minimum Gasteiger partial charge on any atom is -0.508 e. The maximum absolute atomic E-state index is 11.7. The van der Waals surface area contributed by atoms with Gasteiger partial charge in [0.1, 0.15) is 17.6 Å². The average Bonchev–Trinajstić information content (AvgIpc) is 2.29. The third kappa shape index (κ3) is 1.71. The Bertz CT molecular complexity index is 425. The Kier molecular flexibility index (Phi) is 2.73. The number of esters is 1. The Labute approximate surface area is 93.8 Å². The summed E-state index contributed by atoms with van der Waals surface area (Å²) in [5.41, 5.74) is 1.06. The van der Waals surface area contributed by atoms with Crippen molar-refractivity contribution in [1.29, 1.82) is 0 Å². The molecule has 1 aliphatic rings. The lowest BCUT2D eigenvalue weighted by atomic mass is 9.96. The third-order valence-corrected chi connectivity index (χ3v) is 2.82. The minimum absolute atomic E-state index is 0.101. The van der Waals surface area contributed by atoms with Crippen LogP contribution in [0.25, 0.3) is 0 Å². The van der Waals surface area contributed by atoms with Gasteiger partial charge in [0.05, 0.1) is 12.7 Å². The van der Waals surface area contributed by atoms with Crippen molar-refractivity contribution < 1.29 is 19.4 Å². The van der Waals surface area contributed by atoms with Gasteiger partial charge in [-0.3, -0.25) is 0 Å². The van der Waals surface area contributed by atoms with Crippen LogP contribution >= 0.6 is 0 Å². The lowest BCUT2D eigenvalue weighted by molar-refractivity contribution is 0.0246. The van der Waals surface area contributed by atoms with Gasteiger partial charge in [-0.2, -0.15) is 0 Å². The van der Waals surface area contributed by atoms with E-state index in [-0.39, 0.29) is 17.8 Å². The number of rotatable bonds is 2. The van der Waals surface area contributed by atoms with Gasteiger partial charge in [-0.15, -0.1) is 0 Å². The molecule has 0 bridgehead atoms. The van der Waals surface area contributed by atoms with Gasteiger partial charge >= 0.3 is 5.97 Å². The van der Waals surface area contributed by atoms with Crippen LogP contribution in [-0.2, 0) is 11.2 Å². The van der Waals surface area contributed by atoms with Crippen LogP contribution < -0.4 is 4.74 Å². The summed E-state index contributed by atoms with van der Waals surface area (Å²) in [4.78, 5) is 11.7. The minimum atomic E-state index is -0.387. The molecule has 0 aliphatic carbocycles. The number of aromatic hydroxyl groups is 1. The van der Waals surface area contributed by atoms with Gasteiger partial charge in [-0.1, -0.05) is 6.92 Å². The fourth-order valence-electron chi connectivity index (χ4n) is 1.86. The van der Waals surface area contributed by atoms with E-state index < -0.39 is 0 Å². The number of phenolic OH excluding ortho intramolecular Hbond substituents is 1. The second-order valence-electron chi connectivity index (χ2n) is 3.81. The summed E-state index contributed by atoms with van der Waals surface area (Å²) in [6.45, 7) is 1.95. The molecule has 16 heavy (non-hydrogen) atoms. The van der Waals surface area contributed by atoms with Crippen molar-refractivity contribution in [3.05, 3.63) is 23.3 Å². The van der Waals surface area contributed by atoms with E-state index in [9.17, 15) is 9.90 Å². The van der Waals surface area contributed by atoms with Crippen LogP contribution in [0.15, 0.2) is 12.1 Å². The highest BCUT2D eigenvalue weighted by atomic mass is 16.5. The summed E-state index contributed by atoms with van der Waals surface area (Å²) >= 11 is 0. The second kappa shape index (κ2) is 4.04. The predicted octanol–water partition coefficient (Wildman–Crippen LogP) is 1.89. The molecule has 0 fully saturated rings. The summed E-state index contributed by atoms with van der Waals surface area (Å²) < 4.78 is 10.2. The van der Waals surface area contributed by atoms with Gasteiger partial charge in [0.25, 0.3) is 0 Å². The van der Waals surface area contributed by atoms with Crippen molar-refractivity contribution in [3.8, 4) is 11.5 Å². The molecule has 4 heteroatoms.